The van der Waals surface area contributed by atoms with E-state index in [-0.39, 0.29) is 30.6 Å². The van der Waals surface area contributed by atoms with Crippen molar-refractivity contribution in [3.05, 3.63) is 29.8 Å². The molecule has 0 fully saturated rings. The number of nitrogens with one attached hydrogen (secondary N) is 2. The number of carbonyl (C=O) groups excluding carboxylic acids is 2. The van der Waals surface area contributed by atoms with E-state index in [1.807, 2.05) is 0 Å². The molecule has 2 amide bonds. The zero-order chi connectivity index (χ0) is 19.9. The Labute approximate surface area is 162 Å². The standard InChI is InChI=1S/C17H24F3N3O3.ClH/c1-10(2)15(21)16(25)22-8-14(24)23-11(3)12-4-6-13(7-5-12)26-9-17(18,19)20;/h4-7,10-11,15H,8-9,21H2,1-3H3,(H,22,25)(H,23,24);1H/t11?,15-;/m0./s1. The van der Waals surface area contributed by atoms with E-state index in [1.165, 1.54) is 12.1 Å². The first kappa shape index (κ1) is 25.0. The normalized spacial score (nSPS) is 13.3. The second-order valence-corrected chi connectivity index (χ2v) is 6.25. The molecule has 0 aliphatic carbocycles. The zero-order valence-electron chi connectivity index (χ0n) is 15.3. The molecule has 1 aromatic carbocycles. The fourth-order valence-electron chi connectivity index (χ4n) is 1.98. The molecule has 27 heavy (non-hydrogen) atoms. The third kappa shape index (κ3) is 9.48. The molecule has 0 spiro atoms. The van der Waals surface area contributed by atoms with Gasteiger partial charge in [0.1, 0.15) is 5.75 Å². The molecule has 1 rings (SSSR count). The molecular formula is C17H25ClF3N3O3. The maximum Gasteiger partial charge on any atom is 0.422 e. The Morgan fingerprint density at radius 3 is 2.19 bits per heavy atom. The van der Waals surface area contributed by atoms with Crippen LogP contribution in [0.2, 0.25) is 0 Å². The molecular weight excluding hydrogens is 387 g/mol. The summed E-state index contributed by atoms with van der Waals surface area (Å²) < 4.78 is 40.9. The van der Waals surface area contributed by atoms with Gasteiger partial charge in [-0.1, -0.05) is 26.0 Å². The van der Waals surface area contributed by atoms with Crippen LogP contribution >= 0.6 is 12.4 Å². The van der Waals surface area contributed by atoms with Crippen LogP contribution in [0.25, 0.3) is 0 Å². The van der Waals surface area contributed by atoms with Crippen molar-refractivity contribution in [2.75, 3.05) is 13.2 Å². The molecule has 0 saturated carbocycles. The Bertz CT molecular complexity index is 610. The SMILES string of the molecule is CC(NC(=O)CNC(=O)[C@@H](N)C(C)C)c1ccc(OCC(F)(F)F)cc1.Cl. The topological polar surface area (TPSA) is 93.5 Å². The lowest BCUT2D eigenvalue weighted by Gasteiger charge is -2.17. The van der Waals surface area contributed by atoms with Gasteiger partial charge in [-0.3, -0.25) is 9.59 Å². The fraction of sp³-hybridized carbons (Fsp3) is 0.529. The van der Waals surface area contributed by atoms with E-state index in [0.717, 1.165) is 0 Å². The summed E-state index contributed by atoms with van der Waals surface area (Å²) in [4.78, 5) is 23.6. The van der Waals surface area contributed by atoms with Crippen LogP contribution in [0.4, 0.5) is 13.2 Å². The Morgan fingerprint density at radius 2 is 1.70 bits per heavy atom. The molecule has 0 aromatic heterocycles. The summed E-state index contributed by atoms with van der Waals surface area (Å²) in [5.74, 6) is -0.775. The van der Waals surface area contributed by atoms with Gasteiger partial charge in [-0.25, -0.2) is 0 Å². The number of halogens is 4. The Hall–Kier alpha value is -2.00. The number of carbonyl (C=O) groups is 2. The van der Waals surface area contributed by atoms with Gasteiger partial charge in [-0.2, -0.15) is 13.2 Å². The van der Waals surface area contributed by atoms with E-state index >= 15 is 0 Å². The predicted octanol–water partition coefficient (Wildman–Crippen LogP) is 2.33. The van der Waals surface area contributed by atoms with E-state index in [1.54, 1.807) is 32.9 Å². The van der Waals surface area contributed by atoms with E-state index in [4.69, 9.17) is 5.73 Å². The summed E-state index contributed by atoms with van der Waals surface area (Å²) in [5.41, 5.74) is 6.36. The highest BCUT2D eigenvalue weighted by atomic mass is 35.5. The van der Waals surface area contributed by atoms with Crippen LogP contribution in [0.1, 0.15) is 32.4 Å². The number of alkyl halides is 3. The number of ether oxygens (including phenoxy) is 1. The van der Waals surface area contributed by atoms with E-state index in [2.05, 4.69) is 15.4 Å². The highest BCUT2D eigenvalue weighted by molar-refractivity contribution is 5.87. The minimum atomic E-state index is -4.40. The monoisotopic (exact) mass is 411 g/mol. The molecule has 154 valence electrons. The third-order valence-electron chi connectivity index (χ3n) is 3.60. The summed E-state index contributed by atoms with van der Waals surface area (Å²) in [6, 6.07) is 4.83. The van der Waals surface area contributed by atoms with Gasteiger partial charge < -0.3 is 21.1 Å². The second kappa shape index (κ2) is 11.0. The Kier molecular flexibility index (Phi) is 10.2. The summed E-state index contributed by atoms with van der Waals surface area (Å²) in [5, 5.41) is 5.14. The van der Waals surface area contributed by atoms with Gasteiger partial charge >= 0.3 is 6.18 Å². The number of rotatable bonds is 8. The molecule has 0 aliphatic rings. The van der Waals surface area contributed by atoms with Crippen LogP contribution in [-0.4, -0.2) is 37.2 Å². The van der Waals surface area contributed by atoms with Gasteiger partial charge in [0.15, 0.2) is 6.61 Å². The number of nitrogens with two attached hydrogens (primary N) is 1. The lowest BCUT2D eigenvalue weighted by molar-refractivity contribution is -0.153. The predicted molar refractivity (Wildman–Crippen MR) is 97.6 cm³/mol. The van der Waals surface area contributed by atoms with Crippen molar-refractivity contribution in [3.63, 3.8) is 0 Å². The van der Waals surface area contributed by atoms with Crippen LogP contribution in [0.5, 0.6) is 5.75 Å². The summed E-state index contributed by atoms with van der Waals surface area (Å²) in [6.07, 6.45) is -4.40. The van der Waals surface area contributed by atoms with E-state index < -0.39 is 36.7 Å². The quantitative estimate of drug-likeness (QED) is 0.612. The van der Waals surface area contributed by atoms with Crippen LogP contribution in [0, 0.1) is 5.92 Å². The molecule has 0 heterocycles. The van der Waals surface area contributed by atoms with Gasteiger partial charge in [0.05, 0.1) is 18.6 Å². The first-order chi connectivity index (χ1) is 12.0. The third-order valence-corrected chi connectivity index (χ3v) is 3.60. The molecule has 2 atom stereocenters. The molecule has 0 aliphatic heterocycles. The maximum atomic E-state index is 12.1. The minimum absolute atomic E-state index is 0. The number of benzene rings is 1. The second-order valence-electron chi connectivity index (χ2n) is 6.25. The molecule has 10 heteroatoms. The van der Waals surface area contributed by atoms with E-state index in [0.29, 0.717) is 5.56 Å². The van der Waals surface area contributed by atoms with Crippen LogP contribution in [0.15, 0.2) is 24.3 Å². The largest absolute Gasteiger partial charge is 0.484 e. The molecule has 1 unspecified atom stereocenters. The average molecular weight is 412 g/mol. The zero-order valence-corrected chi connectivity index (χ0v) is 16.1. The van der Waals surface area contributed by atoms with Gasteiger partial charge in [0, 0.05) is 0 Å². The van der Waals surface area contributed by atoms with Crippen LogP contribution < -0.4 is 21.1 Å². The average Bonchev–Trinajstić information content (AvgIpc) is 2.56. The molecule has 0 saturated heterocycles. The lowest BCUT2D eigenvalue weighted by Crippen LogP contribution is -2.47. The molecule has 1 aromatic rings. The summed E-state index contributed by atoms with van der Waals surface area (Å²) >= 11 is 0. The summed E-state index contributed by atoms with van der Waals surface area (Å²) in [6.45, 7) is 3.74. The number of hydrogen-bond acceptors (Lipinski definition) is 4. The van der Waals surface area contributed by atoms with Crippen molar-refractivity contribution in [1.82, 2.24) is 10.6 Å². The van der Waals surface area contributed by atoms with Crippen molar-refractivity contribution >= 4 is 24.2 Å². The van der Waals surface area contributed by atoms with Gasteiger partial charge in [-0.05, 0) is 30.5 Å². The van der Waals surface area contributed by atoms with Crippen molar-refractivity contribution in [1.29, 1.82) is 0 Å². The Balaban J connectivity index is 0.00000676. The highest BCUT2D eigenvalue weighted by Gasteiger charge is 2.28. The van der Waals surface area contributed by atoms with Crippen molar-refractivity contribution < 1.29 is 27.5 Å². The van der Waals surface area contributed by atoms with Gasteiger partial charge in [0.2, 0.25) is 11.8 Å². The van der Waals surface area contributed by atoms with Crippen LogP contribution in [-0.2, 0) is 9.59 Å². The molecule has 6 nitrogen and oxygen atoms in total. The first-order valence-electron chi connectivity index (χ1n) is 8.11. The molecule has 0 radical (unpaired) electrons. The number of amides is 2. The number of hydrogen-bond donors (Lipinski definition) is 3. The fourth-order valence-corrected chi connectivity index (χ4v) is 1.98. The van der Waals surface area contributed by atoms with Crippen LogP contribution in [0.3, 0.4) is 0 Å². The maximum absolute atomic E-state index is 12.1. The highest BCUT2D eigenvalue weighted by Crippen LogP contribution is 2.21. The summed E-state index contributed by atoms with van der Waals surface area (Å²) in [7, 11) is 0. The molecule has 4 N–H and O–H groups in total. The van der Waals surface area contributed by atoms with Gasteiger partial charge in [0.25, 0.3) is 0 Å². The van der Waals surface area contributed by atoms with E-state index in [9.17, 15) is 22.8 Å². The lowest BCUT2D eigenvalue weighted by atomic mass is 10.1. The molecule has 0 bridgehead atoms. The van der Waals surface area contributed by atoms with Gasteiger partial charge in [-0.15, -0.1) is 12.4 Å². The smallest absolute Gasteiger partial charge is 0.422 e. The first-order valence-corrected chi connectivity index (χ1v) is 8.11. The Morgan fingerprint density at radius 1 is 1.15 bits per heavy atom. The van der Waals surface area contributed by atoms with Crippen molar-refractivity contribution in [3.8, 4) is 5.75 Å². The van der Waals surface area contributed by atoms with Crippen molar-refractivity contribution in [2.24, 2.45) is 11.7 Å². The van der Waals surface area contributed by atoms with Crippen molar-refractivity contribution in [2.45, 2.75) is 39.0 Å². The minimum Gasteiger partial charge on any atom is -0.484 e.